The van der Waals surface area contributed by atoms with Gasteiger partial charge in [0, 0.05) is 36.2 Å². The highest BCUT2D eigenvalue weighted by atomic mass is 79.9. The van der Waals surface area contributed by atoms with E-state index >= 15 is 0 Å². The number of hydrogen-bond acceptors (Lipinski definition) is 2. The van der Waals surface area contributed by atoms with E-state index in [-0.39, 0.29) is 18.7 Å². The van der Waals surface area contributed by atoms with E-state index in [1.807, 2.05) is 0 Å². The van der Waals surface area contributed by atoms with Gasteiger partial charge in [0.15, 0.2) is 0 Å². The Labute approximate surface area is 116 Å². The molecule has 7 heteroatoms. The molecule has 1 atom stereocenters. The maximum atomic E-state index is 13.7. The van der Waals surface area contributed by atoms with Crippen LogP contribution in [-0.4, -0.2) is 37.3 Å². The molecule has 0 saturated carbocycles. The van der Waals surface area contributed by atoms with Crippen LogP contribution < -0.4 is 5.32 Å². The normalized spacial score (nSPS) is 19.4. The molecule has 0 spiro atoms. The van der Waals surface area contributed by atoms with Gasteiger partial charge in [0.2, 0.25) is 0 Å². The Morgan fingerprint density at radius 2 is 1.84 bits per heavy atom. The molecule has 0 bridgehead atoms. The van der Waals surface area contributed by atoms with E-state index < -0.39 is 18.0 Å². The Kier molecular flexibility index (Phi) is 4.47. The van der Waals surface area contributed by atoms with Crippen molar-refractivity contribution in [3.63, 3.8) is 0 Å². The van der Waals surface area contributed by atoms with E-state index in [9.17, 15) is 17.6 Å². The molecule has 2 nitrogen and oxygen atoms in total. The lowest BCUT2D eigenvalue weighted by Crippen LogP contribution is -2.49. The first-order valence-corrected chi connectivity index (χ1v) is 6.65. The molecule has 0 aromatic heterocycles. The van der Waals surface area contributed by atoms with Crippen LogP contribution in [0.25, 0.3) is 0 Å². The van der Waals surface area contributed by atoms with Crippen LogP contribution in [0.2, 0.25) is 0 Å². The minimum atomic E-state index is -4.50. The molecule has 0 aliphatic carbocycles. The van der Waals surface area contributed by atoms with Gasteiger partial charge in [0.05, 0.1) is 0 Å². The fraction of sp³-hybridized carbons (Fsp3) is 0.500. The number of rotatable bonds is 2. The molecule has 1 aliphatic rings. The summed E-state index contributed by atoms with van der Waals surface area (Å²) in [6, 6.07) is 1.76. The van der Waals surface area contributed by atoms with Crippen LogP contribution in [-0.2, 0) is 0 Å². The molecule has 1 N–H and O–H groups in total. The minimum Gasteiger partial charge on any atom is -0.314 e. The van der Waals surface area contributed by atoms with Crippen LogP contribution in [0.4, 0.5) is 17.6 Å². The number of nitrogens with one attached hydrogen (secondary N) is 1. The van der Waals surface area contributed by atoms with Gasteiger partial charge in [-0.25, -0.2) is 4.39 Å². The fourth-order valence-corrected chi connectivity index (χ4v) is 2.62. The van der Waals surface area contributed by atoms with Crippen molar-refractivity contribution >= 4 is 15.9 Å². The second-order valence-corrected chi connectivity index (χ2v) is 5.31. The van der Waals surface area contributed by atoms with Gasteiger partial charge in [0.25, 0.3) is 0 Å². The monoisotopic (exact) mass is 340 g/mol. The van der Waals surface area contributed by atoms with Crippen LogP contribution in [0.3, 0.4) is 0 Å². The summed E-state index contributed by atoms with van der Waals surface area (Å²) in [4.78, 5) is 1.27. The number of alkyl halides is 3. The molecule has 0 radical (unpaired) electrons. The highest BCUT2D eigenvalue weighted by Gasteiger charge is 2.46. The van der Waals surface area contributed by atoms with E-state index in [1.165, 1.54) is 17.0 Å². The molecule has 1 fully saturated rings. The lowest BCUT2D eigenvalue weighted by molar-refractivity contribution is -0.188. The lowest BCUT2D eigenvalue weighted by atomic mass is 10.0. The van der Waals surface area contributed by atoms with Gasteiger partial charge in [-0.1, -0.05) is 15.9 Å². The third kappa shape index (κ3) is 3.46. The summed E-state index contributed by atoms with van der Waals surface area (Å²) in [5, 5.41) is 2.99. The first kappa shape index (κ1) is 14.7. The second-order valence-electron chi connectivity index (χ2n) is 4.40. The van der Waals surface area contributed by atoms with Gasteiger partial charge < -0.3 is 5.32 Å². The van der Waals surface area contributed by atoms with Gasteiger partial charge in [-0.05, 0) is 18.2 Å². The zero-order valence-corrected chi connectivity index (χ0v) is 11.6. The number of piperazine rings is 1. The number of hydrogen-bond donors (Lipinski definition) is 1. The van der Waals surface area contributed by atoms with E-state index in [0.717, 1.165) is 6.07 Å². The highest BCUT2D eigenvalue weighted by Crippen LogP contribution is 2.39. The molecular weight excluding hydrogens is 328 g/mol. The molecule has 1 heterocycles. The minimum absolute atomic E-state index is 0.246. The number of benzene rings is 1. The molecule has 2 rings (SSSR count). The first-order chi connectivity index (χ1) is 8.89. The standard InChI is InChI=1S/C12H13BrF4N2/c13-8-1-2-10(14)9(7-8)11(12(15,16)17)19-5-3-18-4-6-19/h1-2,7,11,18H,3-6H2/t11-/m0/s1. The SMILES string of the molecule is Fc1ccc(Br)cc1[C@H](N1CCNCC1)C(F)(F)F. The Balaban J connectivity index is 2.39. The molecule has 1 aromatic carbocycles. The van der Waals surface area contributed by atoms with Crippen molar-refractivity contribution in [1.82, 2.24) is 10.2 Å². The molecule has 19 heavy (non-hydrogen) atoms. The van der Waals surface area contributed by atoms with E-state index in [2.05, 4.69) is 21.2 Å². The quantitative estimate of drug-likeness (QED) is 0.832. The van der Waals surface area contributed by atoms with E-state index in [1.54, 1.807) is 0 Å². The van der Waals surface area contributed by atoms with Gasteiger partial charge in [-0.3, -0.25) is 4.90 Å². The average Bonchev–Trinajstić information content (AvgIpc) is 2.33. The Hall–Kier alpha value is -0.660. The van der Waals surface area contributed by atoms with Gasteiger partial charge in [-0.2, -0.15) is 13.2 Å². The summed E-state index contributed by atoms with van der Waals surface area (Å²) in [7, 11) is 0. The Morgan fingerprint density at radius 1 is 1.21 bits per heavy atom. The maximum Gasteiger partial charge on any atom is 0.408 e. The van der Waals surface area contributed by atoms with Crippen molar-refractivity contribution in [2.24, 2.45) is 0 Å². The topological polar surface area (TPSA) is 15.3 Å². The van der Waals surface area contributed by atoms with Crippen molar-refractivity contribution in [3.8, 4) is 0 Å². The van der Waals surface area contributed by atoms with Crippen LogP contribution in [0, 0.1) is 5.82 Å². The van der Waals surface area contributed by atoms with Gasteiger partial charge >= 0.3 is 6.18 Å². The third-order valence-electron chi connectivity index (χ3n) is 3.08. The first-order valence-electron chi connectivity index (χ1n) is 5.86. The Bertz CT molecular complexity index is 444. The molecule has 0 unspecified atom stereocenters. The van der Waals surface area contributed by atoms with Crippen LogP contribution in [0.5, 0.6) is 0 Å². The number of nitrogens with zero attached hydrogens (tertiary/aromatic N) is 1. The lowest BCUT2D eigenvalue weighted by Gasteiger charge is -2.36. The number of halogens is 5. The predicted octanol–water partition coefficient (Wildman–Crippen LogP) is 3.10. The third-order valence-corrected chi connectivity index (χ3v) is 3.57. The van der Waals surface area contributed by atoms with Crippen LogP contribution in [0.15, 0.2) is 22.7 Å². The summed E-state index contributed by atoms with van der Waals surface area (Å²) in [6.07, 6.45) is -4.50. The zero-order chi connectivity index (χ0) is 14.0. The predicted molar refractivity (Wildman–Crippen MR) is 67.3 cm³/mol. The van der Waals surface area contributed by atoms with Crippen LogP contribution >= 0.6 is 15.9 Å². The summed E-state index contributed by atoms with van der Waals surface area (Å²) in [6.45, 7) is 1.44. The highest BCUT2D eigenvalue weighted by molar-refractivity contribution is 9.10. The maximum absolute atomic E-state index is 13.7. The van der Waals surface area contributed by atoms with E-state index in [4.69, 9.17) is 0 Å². The van der Waals surface area contributed by atoms with Crippen molar-refractivity contribution in [2.45, 2.75) is 12.2 Å². The molecule has 1 saturated heterocycles. The fourth-order valence-electron chi connectivity index (χ4n) is 2.24. The van der Waals surface area contributed by atoms with Crippen molar-refractivity contribution in [3.05, 3.63) is 34.1 Å². The summed E-state index contributed by atoms with van der Waals surface area (Å²) in [5.41, 5.74) is -0.330. The second kappa shape index (κ2) is 5.76. The molecule has 1 aromatic rings. The average molecular weight is 341 g/mol. The molecule has 0 amide bonds. The summed E-state index contributed by atoms with van der Waals surface area (Å²) >= 11 is 3.09. The summed E-state index contributed by atoms with van der Waals surface area (Å²) in [5.74, 6) is -0.830. The largest absolute Gasteiger partial charge is 0.408 e. The van der Waals surface area contributed by atoms with Crippen molar-refractivity contribution < 1.29 is 17.6 Å². The summed E-state index contributed by atoms with van der Waals surface area (Å²) < 4.78 is 54.0. The van der Waals surface area contributed by atoms with E-state index in [0.29, 0.717) is 17.6 Å². The Morgan fingerprint density at radius 3 is 2.42 bits per heavy atom. The van der Waals surface area contributed by atoms with Crippen LogP contribution in [0.1, 0.15) is 11.6 Å². The van der Waals surface area contributed by atoms with Gasteiger partial charge in [0.1, 0.15) is 11.9 Å². The molecular formula is C12H13BrF4N2. The van der Waals surface area contributed by atoms with Gasteiger partial charge in [-0.15, -0.1) is 0 Å². The van der Waals surface area contributed by atoms with Crippen molar-refractivity contribution in [2.75, 3.05) is 26.2 Å². The van der Waals surface area contributed by atoms with Crippen molar-refractivity contribution in [1.29, 1.82) is 0 Å². The molecule has 106 valence electrons. The smallest absolute Gasteiger partial charge is 0.314 e. The zero-order valence-electron chi connectivity index (χ0n) is 9.97. The molecule has 1 aliphatic heterocycles.